The van der Waals surface area contributed by atoms with Crippen LogP contribution >= 0.6 is 0 Å². The molecule has 0 radical (unpaired) electrons. The molecule has 0 aromatic carbocycles. The highest BCUT2D eigenvalue weighted by molar-refractivity contribution is 4.57. The van der Waals surface area contributed by atoms with Crippen molar-refractivity contribution in [1.29, 1.82) is 0 Å². The number of hydrogen-bond acceptors (Lipinski definition) is 0. The van der Waals surface area contributed by atoms with E-state index in [2.05, 4.69) is 0 Å². The lowest BCUT2D eigenvalue weighted by Crippen LogP contribution is -2.12. The van der Waals surface area contributed by atoms with Gasteiger partial charge in [-0.15, -0.1) is 0 Å². The maximum atomic E-state index is 11.7. The summed E-state index contributed by atoms with van der Waals surface area (Å²) in [7, 11) is 0. The van der Waals surface area contributed by atoms with Crippen LogP contribution in [0.1, 0.15) is 20.8 Å². The number of hydrogen-bond donors (Lipinski definition) is 0. The van der Waals surface area contributed by atoms with Crippen LogP contribution in [0.25, 0.3) is 0 Å². The van der Waals surface area contributed by atoms with E-state index in [0.29, 0.717) is 0 Å². The molecule has 0 aliphatic carbocycles. The van der Waals surface area contributed by atoms with Gasteiger partial charge in [-0.1, -0.05) is 20.8 Å². The Labute approximate surface area is 48.9 Å². The minimum atomic E-state index is -2.16. The lowest BCUT2D eigenvalue weighted by Gasteiger charge is -2.12. The van der Waals surface area contributed by atoms with Crippen LogP contribution in [-0.2, 0) is 0 Å². The smallest absolute Gasteiger partial charge is 0.210 e. The fourth-order valence-corrected chi connectivity index (χ4v) is 0.291. The van der Waals surface area contributed by atoms with Crippen molar-refractivity contribution >= 4 is 0 Å². The van der Waals surface area contributed by atoms with Gasteiger partial charge in [-0.05, 0) is 5.92 Å². The first-order chi connectivity index (χ1) is 3.55. The summed E-state index contributed by atoms with van der Waals surface area (Å²) in [6, 6.07) is 0. The molecule has 0 heterocycles. The molecule has 0 saturated carbocycles. The molecule has 2 heteroatoms. The first-order valence-electron chi connectivity index (χ1n) is 2.84. The molecule has 0 unspecified atom stereocenters. The molecule has 0 fully saturated rings. The molecule has 1 atom stereocenters. The van der Waals surface area contributed by atoms with E-state index in [-0.39, 0.29) is 5.92 Å². The van der Waals surface area contributed by atoms with Gasteiger partial charge in [-0.3, -0.25) is 0 Å². The fraction of sp³-hybridized carbons (Fsp3) is 1.00. The Bertz CT molecular complexity index is 51.5. The summed E-state index contributed by atoms with van der Waals surface area (Å²) in [5.41, 5.74) is 0. The van der Waals surface area contributed by atoms with Crippen LogP contribution in [0.4, 0.5) is 8.78 Å². The summed E-state index contributed by atoms with van der Waals surface area (Å²) < 4.78 is 23.4. The minimum absolute atomic E-state index is 0.0926. The summed E-state index contributed by atoms with van der Waals surface area (Å²) in [5.74, 6) is -0.370. The molecule has 0 rings (SSSR count). The molecule has 0 aromatic rings. The van der Waals surface area contributed by atoms with Crippen LogP contribution in [-0.4, -0.2) is 6.43 Å². The average Bonchev–Trinajstić information content (AvgIpc) is 1.64. The van der Waals surface area contributed by atoms with Crippen molar-refractivity contribution in [3.8, 4) is 0 Å². The summed E-state index contributed by atoms with van der Waals surface area (Å²) >= 11 is 0. The van der Waals surface area contributed by atoms with Crippen molar-refractivity contribution in [3.05, 3.63) is 0 Å². The highest BCUT2D eigenvalue weighted by Crippen LogP contribution is 2.17. The van der Waals surface area contributed by atoms with Crippen molar-refractivity contribution in [2.24, 2.45) is 11.8 Å². The maximum Gasteiger partial charge on any atom is 0.241 e. The molecule has 0 aliphatic heterocycles. The highest BCUT2D eigenvalue weighted by Gasteiger charge is 2.17. The zero-order valence-electron chi connectivity index (χ0n) is 5.49. The van der Waals surface area contributed by atoms with Crippen LogP contribution in [0.15, 0.2) is 0 Å². The van der Waals surface area contributed by atoms with Gasteiger partial charge in [0.1, 0.15) is 0 Å². The largest absolute Gasteiger partial charge is 0.241 e. The average molecular weight is 122 g/mol. The third-order valence-corrected chi connectivity index (χ3v) is 1.45. The van der Waals surface area contributed by atoms with E-state index in [4.69, 9.17) is 0 Å². The van der Waals surface area contributed by atoms with E-state index in [1.54, 1.807) is 20.8 Å². The first-order valence-corrected chi connectivity index (χ1v) is 2.84. The zero-order valence-corrected chi connectivity index (χ0v) is 5.49. The van der Waals surface area contributed by atoms with Gasteiger partial charge in [0, 0.05) is 5.92 Å². The van der Waals surface area contributed by atoms with Gasteiger partial charge in [0.25, 0.3) is 0 Å². The Hall–Kier alpha value is -0.140. The van der Waals surface area contributed by atoms with E-state index in [9.17, 15) is 8.78 Å². The second kappa shape index (κ2) is 3.00. The van der Waals surface area contributed by atoms with Crippen LogP contribution < -0.4 is 0 Å². The Morgan fingerprint density at radius 1 is 1.00 bits per heavy atom. The summed E-state index contributed by atoms with van der Waals surface area (Å²) in [6.45, 7) is 5.17. The molecular weight excluding hydrogens is 110 g/mol. The molecule has 0 saturated heterocycles. The normalized spacial score (nSPS) is 15.4. The maximum absolute atomic E-state index is 11.7. The summed E-state index contributed by atoms with van der Waals surface area (Å²) in [6.07, 6.45) is -2.16. The zero-order chi connectivity index (χ0) is 6.73. The van der Waals surface area contributed by atoms with E-state index < -0.39 is 12.3 Å². The molecule has 0 bridgehead atoms. The Morgan fingerprint density at radius 2 is 1.38 bits per heavy atom. The second-order valence-electron chi connectivity index (χ2n) is 2.44. The van der Waals surface area contributed by atoms with Gasteiger partial charge in [0.05, 0.1) is 0 Å². The summed E-state index contributed by atoms with van der Waals surface area (Å²) in [4.78, 5) is 0. The van der Waals surface area contributed by atoms with Gasteiger partial charge in [0.2, 0.25) is 6.43 Å². The van der Waals surface area contributed by atoms with E-state index in [0.717, 1.165) is 0 Å². The van der Waals surface area contributed by atoms with E-state index in [1.165, 1.54) is 0 Å². The molecule has 0 aliphatic rings. The van der Waals surface area contributed by atoms with Crippen LogP contribution in [0.3, 0.4) is 0 Å². The monoisotopic (exact) mass is 122 g/mol. The topological polar surface area (TPSA) is 0 Å². The molecule has 0 N–H and O–H groups in total. The Morgan fingerprint density at radius 3 is 1.38 bits per heavy atom. The lowest BCUT2D eigenvalue weighted by molar-refractivity contribution is 0.0626. The van der Waals surface area contributed by atoms with Crippen LogP contribution in [0.5, 0.6) is 0 Å². The van der Waals surface area contributed by atoms with Gasteiger partial charge in [-0.2, -0.15) is 0 Å². The van der Waals surface area contributed by atoms with Crippen molar-refractivity contribution in [2.75, 3.05) is 0 Å². The van der Waals surface area contributed by atoms with Crippen molar-refractivity contribution in [1.82, 2.24) is 0 Å². The number of halogens is 2. The fourth-order valence-electron chi connectivity index (χ4n) is 0.291. The van der Waals surface area contributed by atoms with Crippen molar-refractivity contribution in [2.45, 2.75) is 27.2 Å². The standard InChI is InChI=1S/C6H12F2/c1-4(2)5(3)6(7)8/h4-6H,1-3H3/t5-/m0/s1. The van der Waals surface area contributed by atoms with E-state index >= 15 is 0 Å². The van der Waals surface area contributed by atoms with Gasteiger partial charge in [0.15, 0.2) is 0 Å². The molecular formula is C6H12F2. The lowest BCUT2D eigenvalue weighted by atomic mass is 9.99. The molecule has 0 nitrogen and oxygen atoms in total. The molecule has 0 spiro atoms. The molecule has 50 valence electrons. The quantitative estimate of drug-likeness (QED) is 0.528. The predicted molar refractivity (Wildman–Crippen MR) is 30.0 cm³/mol. The minimum Gasteiger partial charge on any atom is -0.210 e. The predicted octanol–water partition coefficient (Wildman–Crippen LogP) is 2.54. The van der Waals surface area contributed by atoms with Gasteiger partial charge >= 0.3 is 0 Å². The molecule has 8 heavy (non-hydrogen) atoms. The third-order valence-electron chi connectivity index (χ3n) is 1.45. The highest BCUT2D eigenvalue weighted by atomic mass is 19.3. The number of rotatable bonds is 2. The number of alkyl halides is 2. The van der Waals surface area contributed by atoms with E-state index in [1.807, 2.05) is 0 Å². The first kappa shape index (κ1) is 7.86. The summed E-state index contributed by atoms with van der Waals surface area (Å²) in [5, 5.41) is 0. The van der Waals surface area contributed by atoms with Crippen LogP contribution in [0.2, 0.25) is 0 Å². The Balaban J connectivity index is 3.46. The van der Waals surface area contributed by atoms with Crippen LogP contribution in [0, 0.1) is 11.8 Å². The SMILES string of the molecule is CC(C)[C@H](C)C(F)F. The Kier molecular flexibility index (Phi) is 2.95. The van der Waals surface area contributed by atoms with Crippen molar-refractivity contribution in [3.63, 3.8) is 0 Å². The second-order valence-corrected chi connectivity index (χ2v) is 2.44. The van der Waals surface area contributed by atoms with Gasteiger partial charge < -0.3 is 0 Å². The molecule has 0 amide bonds. The molecule has 0 aromatic heterocycles. The van der Waals surface area contributed by atoms with Crippen molar-refractivity contribution < 1.29 is 8.78 Å². The van der Waals surface area contributed by atoms with Gasteiger partial charge in [-0.25, -0.2) is 8.78 Å². The third kappa shape index (κ3) is 2.24.